The number of benzene rings is 2. The second-order valence-electron chi connectivity index (χ2n) is 7.55. The minimum absolute atomic E-state index is 0.240. The van der Waals surface area contributed by atoms with Gasteiger partial charge in [0.05, 0.1) is 20.3 Å². The molecule has 2 heterocycles. The molecule has 0 saturated carbocycles. The van der Waals surface area contributed by atoms with E-state index in [4.69, 9.17) is 21.1 Å². The van der Waals surface area contributed by atoms with Crippen LogP contribution in [0.3, 0.4) is 0 Å². The number of aromatic nitrogens is 2. The number of rotatable bonds is 6. The SMILES string of the molecule is COc1ncc(-c2ccc(C(=O)N3C(c4ccccc4Cl)CC[C@H]3C(=O)O)cc2OC)cn1. The van der Waals surface area contributed by atoms with Gasteiger partial charge in [-0.1, -0.05) is 29.8 Å². The molecule has 0 aliphatic carbocycles. The van der Waals surface area contributed by atoms with Crippen molar-refractivity contribution in [3.63, 3.8) is 0 Å². The number of hydrogen-bond donors (Lipinski definition) is 1. The Labute approximate surface area is 195 Å². The number of carboxylic acid groups (broad SMARTS) is 1. The van der Waals surface area contributed by atoms with Crippen LogP contribution >= 0.6 is 11.6 Å². The maximum atomic E-state index is 13.6. The number of amides is 1. The van der Waals surface area contributed by atoms with Crippen molar-refractivity contribution >= 4 is 23.5 Å². The van der Waals surface area contributed by atoms with Gasteiger partial charge in [0.25, 0.3) is 5.91 Å². The molecule has 1 unspecified atom stereocenters. The van der Waals surface area contributed by atoms with Crippen molar-refractivity contribution in [2.24, 2.45) is 0 Å². The minimum atomic E-state index is -1.04. The number of likely N-dealkylation sites (tertiary alicyclic amines) is 1. The summed E-state index contributed by atoms with van der Waals surface area (Å²) in [7, 11) is 2.98. The van der Waals surface area contributed by atoms with E-state index < -0.39 is 24.0 Å². The van der Waals surface area contributed by atoms with E-state index in [9.17, 15) is 14.7 Å². The van der Waals surface area contributed by atoms with Crippen LogP contribution in [0.15, 0.2) is 54.9 Å². The van der Waals surface area contributed by atoms with Crippen molar-refractivity contribution in [2.45, 2.75) is 24.9 Å². The van der Waals surface area contributed by atoms with Crippen LogP contribution in [0, 0.1) is 0 Å². The van der Waals surface area contributed by atoms with Gasteiger partial charge in [-0.3, -0.25) is 4.79 Å². The average molecular weight is 468 g/mol. The zero-order valence-electron chi connectivity index (χ0n) is 18.1. The summed E-state index contributed by atoms with van der Waals surface area (Å²) in [6.07, 6.45) is 4.04. The molecule has 0 bridgehead atoms. The molecular formula is C24H22ClN3O5. The maximum absolute atomic E-state index is 13.6. The highest BCUT2D eigenvalue weighted by molar-refractivity contribution is 6.31. The van der Waals surface area contributed by atoms with Crippen molar-refractivity contribution in [3.05, 3.63) is 71.0 Å². The van der Waals surface area contributed by atoms with E-state index in [2.05, 4.69) is 9.97 Å². The molecule has 1 aliphatic rings. The van der Waals surface area contributed by atoms with Gasteiger partial charge in [-0.25, -0.2) is 14.8 Å². The molecule has 33 heavy (non-hydrogen) atoms. The van der Waals surface area contributed by atoms with Crippen LogP contribution < -0.4 is 9.47 Å². The summed E-state index contributed by atoms with van der Waals surface area (Å²) in [5.41, 5.74) is 2.42. The second kappa shape index (κ2) is 9.46. The summed E-state index contributed by atoms with van der Waals surface area (Å²) < 4.78 is 10.5. The van der Waals surface area contributed by atoms with Crippen molar-refractivity contribution in [2.75, 3.05) is 14.2 Å². The molecule has 4 rings (SSSR count). The second-order valence-corrected chi connectivity index (χ2v) is 7.96. The Morgan fingerprint density at radius 2 is 1.79 bits per heavy atom. The molecule has 1 amide bonds. The van der Waals surface area contributed by atoms with Crippen LogP contribution in [0.4, 0.5) is 0 Å². The molecule has 8 nitrogen and oxygen atoms in total. The lowest BCUT2D eigenvalue weighted by Gasteiger charge is -2.29. The van der Waals surface area contributed by atoms with Gasteiger partial charge in [-0.15, -0.1) is 0 Å². The van der Waals surface area contributed by atoms with E-state index in [0.29, 0.717) is 40.3 Å². The molecule has 1 fully saturated rings. The van der Waals surface area contributed by atoms with Gasteiger partial charge in [0.1, 0.15) is 11.8 Å². The molecule has 2 atom stereocenters. The fraction of sp³-hybridized carbons (Fsp3) is 0.250. The third-order valence-electron chi connectivity index (χ3n) is 5.74. The molecule has 0 spiro atoms. The third-order valence-corrected chi connectivity index (χ3v) is 6.08. The molecule has 0 radical (unpaired) electrons. The van der Waals surface area contributed by atoms with E-state index in [1.807, 2.05) is 12.1 Å². The van der Waals surface area contributed by atoms with Crippen molar-refractivity contribution in [1.29, 1.82) is 0 Å². The van der Waals surface area contributed by atoms with E-state index in [1.54, 1.807) is 42.7 Å². The Morgan fingerprint density at radius 3 is 2.42 bits per heavy atom. The minimum Gasteiger partial charge on any atom is -0.496 e. The summed E-state index contributed by atoms with van der Waals surface area (Å²) in [6.45, 7) is 0. The molecule has 170 valence electrons. The number of nitrogens with zero attached hydrogens (tertiary/aromatic N) is 3. The predicted molar refractivity (Wildman–Crippen MR) is 122 cm³/mol. The maximum Gasteiger partial charge on any atom is 0.326 e. The summed E-state index contributed by atoms with van der Waals surface area (Å²) in [5.74, 6) is -1.01. The van der Waals surface area contributed by atoms with Crippen molar-refractivity contribution in [3.8, 4) is 22.9 Å². The van der Waals surface area contributed by atoms with E-state index in [1.165, 1.54) is 19.1 Å². The highest BCUT2D eigenvalue weighted by Crippen LogP contribution is 2.41. The molecule has 2 aromatic carbocycles. The molecule has 1 aliphatic heterocycles. The number of ether oxygens (including phenoxy) is 2. The van der Waals surface area contributed by atoms with Gasteiger partial charge >= 0.3 is 12.0 Å². The molecule has 1 N–H and O–H groups in total. The highest BCUT2D eigenvalue weighted by Gasteiger charge is 2.42. The van der Waals surface area contributed by atoms with Crippen LogP contribution in [-0.4, -0.2) is 52.1 Å². The zero-order chi connectivity index (χ0) is 23.5. The Hall–Kier alpha value is -3.65. The van der Waals surface area contributed by atoms with E-state index in [0.717, 1.165) is 5.56 Å². The van der Waals surface area contributed by atoms with E-state index >= 15 is 0 Å². The van der Waals surface area contributed by atoms with Crippen LogP contribution in [-0.2, 0) is 4.79 Å². The largest absolute Gasteiger partial charge is 0.496 e. The zero-order valence-corrected chi connectivity index (χ0v) is 18.8. The highest BCUT2D eigenvalue weighted by atomic mass is 35.5. The molecule has 9 heteroatoms. The van der Waals surface area contributed by atoms with Gasteiger partial charge in [-0.05, 0) is 42.7 Å². The average Bonchev–Trinajstić information content (AvgIpc) is 3.29. The summed E-state index contributed by atoms with van der Waals surface area (Å²) in [4.78, 5) is 35.2. The van der Waals surface area contributed by atoms with Crippen molar-refractivity contribution < 1.29 is 24.2 Å². The first-order valence-electron chi connectivity index (χ1n) is 10.3. The first-order chi connectivity index (χ1) is 15.9. The third kappa shape index (κ3) is 4.34. The smallest absolute Gasteiger partial charge is 0.326 e. The van der Waals surface area contributed by atoms with Crippen LogP contribution in [0.5, 0.6) is 11.8 Å². The number of hydrogen-bond acceptors (Lipinski definition) is 6. The fourth-order valence-electron chi connectivity index (χ4n) is 4.16. The van der Waals surface area contributed by atoms with Gasteiger partial charge in [0.15, 0.2) is 0 Å². The molecule has 1 aromatic heterocycles. The number of methoxy groups -OCH3 is 2. The normalized spacial score (nSPS) is 17.6. The number of carbonyl (C=O) groups excluding carboxylic acids is 1. The predicted octanol–water partition coefficient (Wildman–Crippen LogP) is 4.24. The number of halogens is 1. The molecule has 1 saturated heterocycles. The quantitative estimate of drug-likeness (QED) is 0.578. The van der Waals surface area contributed by atoms with E-state index in [-0.39, 0.29) is 6.01 Å². The van der Waals surface area contributed by atoms with Gasteiger partial charge in [0.2, 0.25) is 0 Å². The lowest BCUT2D eigenvalue weighted by molar-refractivity contribution is -0.141. The summed E-state index contributed by atoms with van der Waals surface area (Å²) in [5, 5.41) is 10.3. The fourth-order valence-corrected chi connectivity index (χ4v) is 4.42. The topological polar surface area (TPSA) is 102 Å². The Kier molecular flexibility index (Phi) is 6.46. The first-order valence-corrected chi connectivity index (χ1v) is 10.7. The first kappa shape index (κ1) is 22.5. The van der Waals surface area contributed by atoms with Crippen LogP contribution in [0.2, 0.25) is 5.02 Å². The lowest BCUT2D eigenvalue weighted by Crippen LogP contribution is -2.41. The Balaban J connectivity index is 1.71. The van der Waals surface area contributed by atoms with Crippen LogP contribution in [0.25, 0.3) is 11.1 Å². The van der Waals surface area contributed by atoms with Crippen molar-refractivity contribution in [1.82, 2.24) is 14.9 Å². The lowest BCUT2D eigenvalue weighted by atomic mass is 10.0. The number of carboxylic acids is 1. The monoisotopic (exact) mass is 467 g/mol. The summed E-state index contributed by atoms with van der Waals surface area (Å²) in [6, 6.07) is 11.0. The Bertz CT molecular complexity index is 1180. The van der Waals surface area contributed by atoms with Gasteiger partial charge in [-0.2, -0.15) is 0 Å². The number of aliphatic carboxylic acids is 1. The molecular weight excluding hydrogens is 446 g/mol. The van der Waals surface area contributed by atoms with Gasteiger partial charge < -0.3 is 19.5 Å². The van der Waals surface area contributed by atoms with Gasteiger partial charge in [0, 0.05) is 34.1 Å². The summed E-state index contributed by atoms with van der Waals surface area (Å²) >= 11 is 6.38. The van der Waals surface area contributed by atoms with Crippen LogP contribution in [0.1, 0.15) is 34.8 Å². The standard InChI is InChI=1S/C24H22ClN3O5/c1-32-21-11-14(7-8-16(21)15-12-26-24(33-2)27-13-15)22(29)28-19(9-10-20(28)23(30)31)17-5-3-4-6-18(17)25/h3-8,11-13,19-20H,9-10H2,1-2H3,(H,30,31)/t19?,20-/m0/s1. The number of carbonyl (C=O) groups is 2. The Morgan fingerprint density at radius 1 is 1.06 bits per heavy atom. The molecule has 3 aromatic rings.